The van der Waals surface area contributed by atoms with Crippen LogP contribution in [-0.4, -0.2) is 18.1 Å². The van der Waals surface area contributed by atoms with Gasteiger partial charge >= 0.3 is 0 Å². The molecule has 3 heteroatoms. The van der Waals surface area contributed by atoms with Crippen molar-refractivity contribution in [3.05, 3.63) is 23.4 Å². The van der Waals surface area contributed by atoms with Gasteiger partial charge in [-0.25, -0.2) is 4.98 Å². The van der Waals surface area contributed by atoms with Gasteiger partial charge in [0.2, 0.25) is 0 Å². The lowest BCUT2D eigenvalue weighted by Gasteiger charge is -2.27. The molecule has 0 spiro atoms. The average Bonchev–Trinajstić information content (AvgIpc) is 2.81. The van der Waals surface area contributed by atoms with Gasteiger partial charge in [-0.2, -0.15) is 0 Å². The highest BCUT2D eigenvalue weighted by molar-refractivity contribution is 5.48. The molecule has 0 aromatic carbocycles. The zero-order valence-electron chi connectivity index (χ0n) is 10.2. The average molecular weight is 219 g/mol. The molecule has 0 atom stereocenters. The van der Waals surface area contributed by atoms with E-state index in [1.807, 2.05) is 13.0 Å². The van der Waals surface area contributed by atoms with Crippen molar-refractivity contribution in [2.75, 3.05) is 11.9 Å². The van der Waals surface area contributed by atoms with Gasteiger partial charge in [-0.1, -0.05) is 18.9 Å². The Balaban J connectivity index is 2.26. The van der Waals surface area contributed by atoms with Crippen LogP contribution in [0.3, 0.4) is 0 Å². The number of nitrogens with two attached hydrogens (primary N) is 1. The van der Waals surface area contributed by atoms with Crippen LogP contribution in [0.15, 0.2) is 12.1 Å². The standard InChI is InChI=1S/C13H21N3/c1-10-7-8-11(9-14)13(15-10)16(2)12-5-3-4-6-12/h7-8,12H,3-6,9,14H2,1-2H3. The number of hydrogen-bond donors (Lipinski definition) is 1. The minimum absolute atomic E-state index is 0.569. The third kappa shape index (κ3) is 2.19. The molecule has 0 saturated heterocycles. The molecule has 1 aromatic heterocycles. The molecule has 0 amide bonds. The van der Waals surface area contributed by atoms with Crippen LogP contribution in [0.4, 0.5) is 5.82 Å². The molecule has 0 aliphatic heterocycles. The summed E-state index contributed by atoms with van der Waals surface area (Å²) in [6.45, 7) is 2.60. The van der Waals surface area contributed by atoms with Crippen molar-refractivity contribution in [1.29, 1.82) is 0 Å². The third-order valence-corrected chi connectivity index (χ3v) is 3.52. The lowest BCUT2D eigenvalue weighted by atomic mass is 10.1. The minimum Gasteiger partial charge on any atom is -0.356 e. The second-order valence-electron chi connectivity index (χ2n) is 4.69. The molecule has 3 nitrogen and oxygen atoms in total. The Labute approximate surface area is 97.7 Å². The number of aromatic nitrogens is 1. The highest BCUT2D eigenvalue weighted by atomic mass is 15.2. The summed E-state index contributed by atoms with van der Waals surface area (Å²) in [5.74, 6) is 1.08. The fraction of sp³-hybridized carbons (Fsp3) is 0.615. The number of pyridine rings is 1. The Morgan fingerprint density at radius 3 is 2.69 bits per heavy atom. The molecule has 1 aliphatic rings. The maximum absolute atomic E-state index is 5.77. The predicted octanol–water partition coefficient (Wildman–Crippen LogP) is 2.23. The van der Waals surface area contributed by atoms with E-state index in [2.05, 4.69) is 23.0 Å². The van der Waals surface area contributed by atoms with Crippen LogP contribution >= 0.6 is 0 Å². The van der Waals surface area contributed by atoms with Gasteiger partial charge < -0.3 is 10.6 Å². The number of anilines is 1. The summed E-state index contributed by atoms with van der Waals surface area (Å²) < 4.78 is 0. The highest BCUT2D eigenvalue weighted by Crippen LogP contribution is 2.27. The van der Waals surface area contributed by atoms with Crippen LogP contribution in [-0.2, 0) is 6.54 Å². The smallest absolute Gasteiger partial charge is 0.133 e. The van der Waals surface area contributed by atoms with Gasteiger partial charge in [0.15, 0.2) is 0 Å². The first-order valence-corrected chi connectivity index (χ1v) is 6.12. The predicted molar refractivity (Wildman–Crippen MR) is 67.5 cm³/mol. The van der Waals surface area contributed by atoms with E-state index in [0.717, 1.165) is 17.1 Å². The molecule has 0 radical (unpaired) electrons. The topological polar surface area (TPSA) is 42.1 Å². The first-order valence-electron chi connectivity index (χ1n) is 6.12. The summed E-state index contributed by atoms with van der Waals surface area (Å²) in [5, 5.41) is 0. The van der Waals surface area contributed by atoms with Crippen molar-refractivity contribution in [2.45, 2.75) is 45.2 Å². The maximum atomic E-state index is 5.77. The molecule has 0 unspecified atom stereocenters. The van der Waals surface area contributed by atoms with E-state index in [9.17, 15) is 0 Å². The van der Waals surface area contributed by atoms with Crippen molar-refractivity contribution in [2.24, 2.45) is 5.73 Å². The van der Waals surface area contributed by atoms with E-state index in [1.54, 1.807) is 0 Å². The van der Waals surface area contributed by atoms with Crippen LogP contribution in [0.1, 0.15) is 36.9 Å². The molecule has 1 aliphatic carbocycles. The summed E-state index contributed by atoms with van der Waals surface area (Å²) in [5.41, 5.74) is 7.99. The quantitative estimate of drug-likeness (QED) is 0.847. The van der Waals surface area contributed by atoms with Crippen molar-refractivity contribution in [1.82, 2.24) is 4.98 Å². The molecule has 1 aromatic rings. The van der Waals surface area contributed by atoms with Crippen molar-refractivity contribution < 1.29 is 0 Å². The van der Waals surface area contributed by atoms with Gasteiger partial charge in [0.25, 0.3) is 0 Å². The molecule has 0 bridgehead atoms. The summed E-state index contributed by atoms with van der Waals surface area (Å²) in [6.07, 6.45) is 5.27. The molecule has 1 heterocycles. The molecule has 16 heavy (non-hydrogen) atoms. The Bertz CT molecular complexity index is 356. The third-order valence-electron chi connectivity index (χ3n) is 3.52. The van der Waals surface area contributed by atoms with Crippen LogP contribution in [0, 0.1) is 6.92 Å². The normalized spacial score (nSPS) is 16.7. The van der Waals surface area contributed by atoms with E-state index < -0.39 is 0 Å². The van der Waals surface area contributed by atoms with E-state index in [4.69, 9.17) is 5.73 Å². The largest absolute Gasteiger partial charge is 0.356 e. The molecular weight excluding hydrogens is 198 g/mol. The first-order chi connectivity index (χ1) is 7.72. The first kappa shape index (κ1) is 11.4. The minimum atomic E-state index is 0.569. The van der Waals surface area contributed by atoms with Gasteiger partial charge in [0, 0.05) is 30.9 Å². The van der Waals surface area contributed by atoms with Crippen LogP contribution in [0.25, 0.3) is 0 Å². The van der Waals surface area contributed by atoms with E-state index in [1.165, 1.54) is 25.7 Å². The van der Waals surface area contributed by atoms with Crippen LogP contribution in [0.2, 0.25) is 0 Å². The van der Waals surface area contributed by atoms with Gasteiger partial charge in [0.05, 0.1) is 0 Å². The van der Waals surface area contributed by atoms with Crippen LogP contribution < -0.4 is 10.6 Å². The second kappa shape index (κ2) is 4.83. The molecular formula is C13H21N3. The molecule has 88 valence electrons. The summed E-state index contributed by atoms with van der Waals surface area (Å²) in [7, 11) is 2.15. The SMILES string of the molecule is Cc1ccc(CN)c(N(C)C2CCCC2)n1. The number of nitrogens with zero attached hydrogens (tertiary/aromatic N) is 2. The van der Waals surface area contributed by atoms with E-state index in [0.29, 0.717) is 12.6 Å². The number of rotatable bonds is 3. The van der Waals surface area contributed by atoms with E-state index in [-0.39, 0.29) is 0 Å². The molecule has 2 N–H and O–H groups in total. The number of aryl methyl sites for hydroxylation is 1. The Morgan fingerprint density at radius 2 is 2.06 bits per heavy atom. The van der Waals surface area contributed by atoms with Crippen LogP contribution in [0.5, 0.6) is 0 Å². The summed E-state index contributed by atoms with van der Waals surface area (Å²) in [6, 6.07) is 4.79. The zero-order valence-corrected chi connectivity index (χ0v) is 10.2. The zero-order chi connectivity index (χ0) is 11.5. The lowest BCUT2D eigenvalue weighted by Crippen LogP contribution is -2.31. The lowest BCUT2D eigenvalue weighted by molar-refractivity contribution is 0.642. The highest BCUT2D eigenvalue weighted by Gasteiger charge is 2.22. The van der Waals surface area contributed by atoms with Gasteiger partial charge in [0.1, 0.15) is 5.82 Å². The van der Waals surface area contributed by atoms with E-state index >= 15 is 0 Å². The Kier molecular flexibility index (Phi) is 3.44. The Morgan fingerprint density at radius 1 is 1.38 bits per heavy atom. The number of hydrogen-bond acceptors (Lipinski definition) is 3. The Hall–Kier alpha value is -1.09. The summed E-state index contributed by atoms with van der Waals surface area (Å²) in [4.78, 5) is 6.96. The monoisotopic (exact) mass is 219 g/mol. The maximum Gasteiger partial charge on any atom is 0.133 e. The van der Waals surface area contributed by atoms with Crippen molar-refractivity contribution >= 4 is 5.82 Å². The van der Waals surface area contributed by atoms with Crippen molar-refractivity contribution in [3.8, 4) is 0 Å². The van der Waals surface area contributed by atoms with Gasteiger partial charge in [-0.05, 0) is 25.8 Å². The van der Waals surface area contributed by atoms with Gasteiger partial charge in [-0.3, -0.25) is 0 Å². The molecule has 1 saturated carbocycles. The fourth-order valence-electron chi connectivity index (χ4n) is 2.50. The summed E-state index contributed by atoms with van der Waals surface area (Å²) >= 11 is 0. The molecule has 1 fully saturated rings. The van der Waals surface area contributed by atoms with Crippen molar-refractivity contribution in [3.63, 3.8) is 0 Å². The second-order valence-corrected chi connectivity index (χ2v) is 4.69. The fourth-order valence-corrected chi connectivity index (χ4v) is 2.50. The van der Waals surface area contributed by atoms with Gasteiger partial charge in [-0.15, -0.1) is 0 Å². The molecule has 2 rings (SSSR count).